The number of carbonyl (C=O) groups is 2. The second kappa shape index (κ2) is 10.4. The van der Waals surface area contributed by atoms with Crippen molar-refractivity contribution in [3.63, 3.8) is 0 Å². The van der Waals surface area contributed by atoms with E-state index in [1.54, 1.807) is 0 Å². The lowest BCUT2D eigenvalue weighted by Gasteiger charge is -2.26. The summed E-state index contributed by atoms with van der Waals surface area (Å²) < 4.78 is 5.74. The molecule has 0 bridgehead atoms. The molecule has 0 atom stereocenters. The predicted octanol–water partition coefficient (Wildman–Crippen LogP) is 1.32. The van der Waals surface area contributed by atoms with Crippen molar-refractivity contribution in [3.8, 4) is 5.75 Å². The zero-order valence-corrected chi connectivity index (χ0v) is 14.4. The fourth-order valence-electron chi connectivity index (χ4n) is 2.74. The molecule has 1 aliphatic heterocycles. The zero-order valence-electron chi connectivity index (χ0n) is 14.4. The molecule has 1 fully saturated rings. The average molecular weight is 349 g/mol. The van der Waals surface area contributed by atoms with Crippen molar-refractivity contribution >= 4 is 12.1 Å². The van der Waals surface area contributed by atoms with E-state index in [0.717, 1.165) is 12.3 Å². The molecule has 5 N–H and O–H groups in total. The highest BCUT2D eigenvalue weighted by Crippen LogP contribution is 2.17. The van der Waals surface area contributed by atoms with Crippen molar-refractivity contribution in [2.45, 2.75) is 32.2 Å². The van der Waals surface area contributed by atoms with Crippen LogP contribution in [0.4, 0.5) is 9.59 Å². The lowest BCUT2D eigenvalue weighted by atomic mass is 10.1. The van der Waals surface area contributed by atoms with Crippen LogP contribution in [0, 0.1) is 0 Å². The number of ether oxygens (including phenoxy) is 1. The molecule has 1 aromatic rings. The molecule has 2 rings (SSSR count). The summed E-state index contributed by atoms with van der Waals surface area (Å²) in [5.41, 5.74) is 10.2. The van der Waals surface area contributed by atoms with E-state index in [9.17, 15) is 9.59 Å². The van der Waals surface area contributed by atoms with Crippen LogP contribution in [0.25, 0.3) is 0 Å². The first-order valence-electron chi connectivity index (χ1n) is 8.67. The van der Waals surface area contributed by atoms with Crippen LogP contribution in [0.5, 0.6) is 5.75 Å². The third-order valence-electron chi connectivity index (χ3n) is 3.93. The largest absolute Gasteiger partial charge is 0.494 e. The number of hydrogen-bond acceptors (Lipinski definition) is 4. The summed E-state index contributed by atoms with van der Waals surface area (Å²) in [4.78, 5) is 24.2. The number of hydrogen-bond donors (Lipinski definition) is 4. The monoisotopic (exact) mass is 349 g/mol. The minimum Gasteiger partial charge on any atom is -0.494 e. The van der Waals surface area contributed by atoms with E-state index >= 15 is 0 Å². The van der Waals surface area contributed by atoms with Gasteiger partial charge in [-0.05, 0) is 50.0 Å². The molecule has 1 aliphatic rings. The molecule has 0 spiro atoms. The Balaban J connectivity index is 1.63. The summed E-state index contributed by atoms with van der Waals surface area (Å²) in [6.45, 7) is 4.23. The molecule has 0 aromatic heterocycles. The fourth-order valence-corrected chi connectivity index (χ4v) is 2.74. The second-order valence-electron chi connectivity index (χ2n) is 6.06. The van der Waals surface area contributed by atoms with Gasteiger partial charge in [0.05, 0.1) is 6.61 Å². The fraction of sp³-hybridized carbons (Fsp3) is 0.529. The smallest absolute Gasteiger partial charge is 0.333 e. The van der Waals surface area contributed by atoms with Crippen LogP contribution in [0.1, 0.15) is 31.2 Å². The predicted molar refractivity (Wildman–Crippen MR) is 94.9 cm³/mol. The Kier molecular flexibility index (Phi) is 7.84. The van der Waals surface area contributed by atoms with Crippen LogP contribution in [0.3, 0.4) is 0 Å². The molecule has 1 aromatic carbocycles. The minimum absolute atomic E-state index is 0.430. The number of nitrogens with one attached hydrogen (secondary N) is 3. The van der Waals surface area contributed by atoms with E-state index in [0.29, 0.717) is 19.6 Å². The van der Waals surface area contributed by atoms with E-state index in [4.69, 9.17) is 10.5 Å². The molecule has 138 valence electrons. The topological polar surface area (TPSA) is 109 Å². The highest BCUT2D eigenvalue weighted by Gasteiger charge is 2.10. The summed E-state index contributed by atoms with van der Waals surface area (Å²) >= 11 is 0. The van der Waals surface area contributed by atoms with E-state index in [2.05, 4.69) is 27.8 Å². The molecule has 25 heavy (non-hydrogen) atoms. The number of likely N-dealkylation sites (tertiary alicyclic amines) is 1. The van der Waals surface area contributed by atoms with Crippen LogP contribution in [-0.4, -0.2) is 43.2 Å². The number of piperidine rings is 1. The zero-order chi connectivity index (χ0) is 17.9. The van der Waals surface area contributed by atoms with Gasteiger partial charge in [-0.1, -0.05) is 18.6 Å². The molecule has 8 heteroatoms. The van der Waals surface area contributed by atoms with Crippen LogP contribution in [-0.2, 0) is 6.54 Å². The van der Waals surface area contributed by atoms with Gasteiger partial charge in [0.2, 0.25) is 0 Å². The van der Waals surface area contributed by atoms with Gasteiger partial charge in [0.25, 0.3) is 0 Å². The molecule has 1 saturated heterocycles. The van der Waals surface area contributed by atoms with Crippen LogP contribution < -0.4 is 26.6 Å². The Morgan fingerprint density at radius 3 is 2.72 bits per heavy atom. The average Bonchev–Trinajstić information content (AvgIpc) is 2.61. The summed E-state index contributed by atoms with van der Waals surface area (Å²) in [6.07, 6.45) is 4.56. The van der Waals surface area contributed by atoms with Crippen LogP contribution >= 0.6 is 0 Å². The highest BCUT2D eigenvalue weighted by atomic mass is 16.5. The quantitative estimate of drug-likeness (QED) is 0.440. The standard InChI is InChI=1S/C17H27N5O3/c18-16(23)20-21-17(24)19-8-5-11-25-15-7-4-6-14(12-15)13-22-9-2-1-3-10-22/h4,6-7,12H,1-3,5,8-11,13H2,(H3,18,20,23)(H2,19,21,24). The van der Waals surface area contributed by atoms with Crippen molar-refractivity contribution in [1.82, 2.24) is 21.1 Å². The van der Waals surface area contributed by atoms with Gasteiger partial charge in [0, 0.05) is 13.1 Å². The number of urea groups is 2. The van der Waals surface area contributed by atoms with Gasteiger partial charge in [-0.15, -0.1) is 0 Å². The Morgan fingerprint density at radius 1 is 1.16 bits per heavy atom. The van der Waals surface area contributed by atoms with Crippen molar-refractivity contribution in [2.24, 2.45) is 5.73 Å². The number of nitrogens with two attached hydrogens (primary N) is 1. The van der Waals surface area contributed by atoms with Gasteiger partial charge in [0.15, 0.2) is 0 Å². The first-order chi connectivity index (χ1) is 12.1. The van der Waals surface area contributed by atoms with Gasteiger partial charge in [0.1, 0.15) is 5.75 Å². The summed E-state index contributed by atoms with van der Waals surface area (Å²) in [6, 6.07) is 6.82. The van der Waals surface area contributed by atoms with Crippen LogP contribution in [0.15, 0.2) is 24.3 Å². The molecule has 0 saturated carbocycles. The number of hydrazine groups is 1. The minimum atomic E-state index is -0.817. The van der Waals surface area contributed by atoms with Crippen LogP contribution in [0.2, 0.25) is 0 Å². The summed E-state index contributed by atoms with van der Waals surface area (Å²) in [5.74, 6) is 0.842. The molecule has 8 nitrogen and oxygen atoms in total. The lowest BCUT2D eigenvalue weighted by Crippen LogP contribution is -2.49. The van der Waals surface area contributed by atoms with Gasteiger partial charge < -0.3 is 15.8 Å². The van der Waals surface area contributed by atoms with Gasteiger partial charge in [-0.2, -0.15) is 0 Å². The van der Waals surface area contributed by atoms with E-state index in [1.165, 1.54) is 37.9 Å². The Hall–Kier alpha value is -2.48. The third-order valence-corrected chi connectivity index (χ3v) is 3.93. The molecule has 0 aliphatic carbocycles. The third kappa shape index (κ3) is 7.75. The molecule has 0 radical (unpaired) electrons. The van der Waals surface area contributed by atoms with Gasteiger partial charge in [-0.3, -0.25) is 4.90 Å². The molecule has 1 heterocycles. The van der Waals surface area contributed by atoms with Gasteiger partial charge >= 0.3 is 12.1 Å². The number of nitrogens with zero attached hydrogens (tertiary/aromatic N) is 1. The Morgan fingerprint density at radius 2 is 1.96 bits per heavy atom. The molecule has 4 amide bonds. The summed E-state index contributed by atoms with van der Waals surface area (Å²) in [5, 5.41) is 2.58. The maximum Gasteiger partial charge on any atom is 0.333 e. The van der Waals surface area contributed by atoms with E-state index in [1.807, 2.05) is 17.6 Å². The van der Waals surface area contributed by atoms with Crippen molar-refractivity contribution in [2.75, 3.05) is 26.2 Å². The normalized spacial score (nSPS) is 14.6. The number of carbonyl (C=O) groups excluding carboxylic acids is 2. The van der Waals surface area contributed by atoms with Crippen molar-refractivity contribution in [1.29, 1.82) is 0 Å². The SMILES string of the molecule is NC(=O)NNC(=O)NCCCOc1cccc(CN2CCCCC2)c1. The van der Waals surface area contributed by atoms with E-state index in [-0.39, 0.29) is 0 Å². The Bertz CT molecular complexity index is 561. The second-order valence-corrected chi connectivity index (χ2v) is 6.06. The Labute approximate surface area is 148 Å². The molecular formula is C17H27N5O3. The first-order valence-corrected chi connectivity index (χ1v) is 8.67. The van der Waals surface area contributed by atoms with Gasteiger partial charge in [-0.25, -0.2) is 20.4 Å². The molecular weight excluding hydrogens is 322 g/mol. The van der Waals surface area contributed by atoms with Crippen molar-refractivity contribution in [3.05, 3.63) is 29.8 Å². The summed E-state index contributed by atoms with van der Waals surface area (Å²) in [7, 11) is 0. The number of rotatable bonds is 7. The maximum atomic E-state index is 11.3. The number of primary amides is 1. The van der Waals surface area contributed by atoms with E-state index < -0.39 is 12.1 Å². The van der Waals surface area contributed by atoms with Crippen molar-refractivity contribution < 1.29 is 14.3 Å². The first kappa shape index (κ1) is 18.9. The lowest BCUT2D eigenvalue weighted by molar-refractivity contribution is 0.220. The molecule has 0 unspecified atom stereocenters. The number of benzene rings is 1. The maximum absolute atomic E-state index is 11.3. The number of amides is 4. The highest BCUT2D eigenvalue weighted by molar-refractivity contribution is 5.78.